The third-order valence-corrected chi connectivity index (χ3v) is 7.04. The second-order valence-corrected chi connectivity index (χ2v) is 14.0. The molecule has 0 saturated heterocycles. The van der Waals surface area contributed by atoms with E-state index < -0.39 is 14.0 Å². The number of nitrogens with one attached hydrogen (secondary N) is 1. The Hall–Kier alpha value is -2.86. The molecular weight excluding hydrogens is 404 g/mol. The molecule has 164 valence electrons. The van der Waals surface area contributed by atoms with E-state index in [9.17, 15) is 4.79 Å². The van der Waals surface area contributed by atoms with Crippen molar-refractivity contribution in [2.24, 2.45) is 0 Å². The molecule has 0 fully saturated rings. The summed E-state index contributed by atoms with van der Waals surface area (Å²) in [4.78, 5) is 12.5. The monoisotopic (exact) mass is 436 g/mol. The number of hydrogen-bond donors (Lipinski definition) is 1. The van der Waals surface area contributed by atoms with Gasteiger partial charge in [-0.15, -0.1) is 0 Å². The fraction of sp³-hybridized carbons (Fsp3) is 0.360. The number of H-pyrrole nitrogens is 1. The molecule has 0 atom stereocenters. The van der Waals surface area contributed by atoms with Gasteiger partial charge in [0.15, 0.2) is 5.69 Å². The maximum atomic E-state index is 12.5. The molecule has 0 radical (unpaired) electrons. The molecule has 0 amide bonds. The van der Waals surface area contributed by atoms with E-state index >= 15 is 0 Å². The Morgan fingerprint density at radius 3 is 2.23 bits per heavy atom. The molecule has 1 aromatic heterocycles. The van der Waals surface area contributed by atoms with E-state index in [4.69, 9.17) is 9.47 Å². The smallest absolute Gasteiger partial charge is 0.359 e. The van der Waals surface area contributed by atoms with E-state index in [2.05, 4.69) is 68.0 Å². The molecule has 0 aliphatic heterocycles. The second kappa shape index (κ2) is 9.52. The first-order valence-electron chi connectivity index (χ1n) is 10.8. The van der Waals surface area contributed by atoms with Crippen LogP contribution < -0.4 is 10.1 Å². The maximum absolute atomic E-state index is 12.5. The van der Waals surface area contributed by atoms with E-state index in [0.717, 1.165) is 27.8 Å². The van der Waals surface area contributed by atoms with Crippen LogP contribution in [0.1, 0.15) is 48.3 Å². The number of aromatic nitrogens is 2. The molecule has 1 heterocycles. The standard InChI is InChI=1S/C25H32N2O3Si/c1-7-29-25(28)23-22(24(27-26-23)31(4,5)6)20-12-14-21(15-13-20)30-16-18-8-10-19(11-9-18)17(2)3/h8-15,17H,7,16H2,1-6H3,(H,26,27). The highest BCUT2D eigenvalue weighted by Crippen LogP contribution is 2.26. The third kappa shape index (κ3) is 5.44. The van der Waals surface area contributed by atoms with Crippen molar-refractivity contribution in [3.63, 3.8) is 0 Å². The van der Waals surface area contributed by atoms with Crippen molar-refractivity contribution < 1.29 is 14.3 Å². The molecule has 1 N–H and O–H groups in total. The van der Waals surface area contributed by atoms with Gasteiger partial charge < -0.3 is 9.47 Å². The van der Waals surface area contributed by atoms with Crippen molar-refractivity contribution in [2.45, 2.75) is 52.9 Å². The van der Waals surface area contributed by atoms with Gasteiger partial charge in [-0.1, -0.05) is 69.9 Å². The molecule has 0 unspecified atom stereocenters. The zero-order chi connectivity index (χ0) is 22.6. The summed E-state index contributed by atoms with van der Waals surface area (Å²) in [6.45, 7) is 13.7. The molecule has 3 rings (SSSR count). The van der Waals surface area contributed by atoms with Gasteiger partial charge in [0.25, 0.3) is 0 Å². The van der Waals surface area contributed by atoms with Gasteiger partial charge in [-0.3, -0.25) is 5.10 Å². The first-order chi connectivity index (χ1) is 14.7. The summed E-state index contributed by atoms with van der Waals surface area (Å²) in [5.74, 6) is 0.904. The average Bonchev–Trinajstić information content (AvgIpc) is 3.19. The van der Waals surface area contributed by atoms with E-state index in [-0.39, 0.29) is 0 Å². The van der Waals surface area contributed by atoms with Gasteiger partial charge >= 0.3 is 5.97 Å². The number of aromatic amines is 1. The number of rotatable bonds is 8. The van der Waals surface area contributed by atoms with Gasteiger partial charge in [0, 0.05) is 10.9 Å². The largest absolute Gasteiger partial charge is 0.489 e. The number of ether oxygens (including phenoxy) is 2. The number of esters is 1. The molecular formula is C25H32N2O3Si. The van der Waals surface area contributed by atoms with Crippen LogP contribution in [0.15, 0.2) is 48.5 Å². The summed E-state index contributed by atoms with van der Waals surface area (Å²) in [6.07, 6.45) is 0. The lowest BCUT2D eigenvalue weighted by Gasteiger charge is -2.17. The average molecular weight is 437 g/mol. The van der Waals surface area contributed by atoms with Crippen molar-refractivity contribution >= 4 is 19.4 Å². The highest BCUT2D eigenvalue weighted by molar-refractivity contribution is 6.89. The Bertz CT molecular complexity index is 1020. The van der Waals surface area contributed by atoms with E-state index in [1.54, 1.807) is 6.92 Å². The number of carbonyl (C=O) groups is 1. The van der Waals surface area contributed by atoms with Gasteiger partial charge in [0.1, 0.15) is 20.4 Å². The first-order valence-corrected chi connectivity index (χ1v) is 14.3. The Morgan fingerprint density at radius 1 is 1.03 bits per heavy atom. The van der Waals surface area contributed by atoms with E-state index in [1.807, 2.05) is 24.3 Å². The van der Waals surface area contributed by atoms with Gasteiger partial charge in [-0.05, 0) is 41.7 Å². The normalized spacial score (nSPS) is 11.6. The van der Waals surface area contributed by atoms with Crippen LogP contribution >= 0.6 is 0 Å². The second-order valence-electron chi connectivity index (χ2n) is 9.00. The quantitative estimate of drug-likeness (QED) is 0.374. The van der Waals surface area contributed by atoms with Gasteiger partial charge in [-0.25, -0.2) is 4.79 Å². The molecule has 0 aliphatic carbocycles. The lowest BCUT2D eigenvalue weighted by Crippen LogP contribution is -2.40. The highest BCUT2D eigenvalue weighted by Gasteiger charge is 2.29. The molecule has 0 spiro atoms. The lowest BCUT2D eigenvalue weighted by atomic mass is 10.0. The van der Waals surface area contributed by atoms with Crippen LogP contribution in [0.5, 0.6) is 5.75 Å². The van der Waals surface area contributed by atoms with Crippen LogP contribution in [0.25, 0.3) is 11.1 Å². The van der Waals surface area contributed by atoms with Gasteiger partial charge in [-0.2, -0.15) is 5.10 Å². The molecule has 5 nitrogen and oxygen atoms in total. The third-order valence-electron chi connectivity index (χ3n) is 5.18. The number of carbonyl (C=O) groups excluding carboxylic acids is 1. The summed E-state index contributed by atoms with van der Waals surface area (Å²) in [6, 6.07) is 16.4. The van der Waals surface area contributed by atoms with Crippen molar-refractivity contribution in [1.29, 1.82) is 0 Å². The minimum Gasteiger partial charge on any atom is -0.489 e. The number of hydrogen-bond acceptors (Lipinski definition) is 4. The van der Waals surface area contributed by atoms with Crippen LogP contribution in [0, 0.1) is 0 Å². The zero-order valence-electron chi connectivity index (χ0n) is 19.3. The Balaban J connectivity index is 1.80. The zero-order valence-corrected chi connectivity index (χ0v) is 20.3. The summed E-state index contributed by atoms with van der Waals surface area (Å²) >= 11 is 0. The fourth-order valence-corrected chi connectivity index (χ4v) is 4.80. The molecule has 0 bridgehead atoms. The van der Waals surface area contributed by atoms with Gasteiger partial charge in [0.05, 0.1) is 6.61 Å². The van der Waals surface area contributed by atoms with Crippen molar-refractivity contribution in [3.8, 4) is 16.9 Å². The topological polar surface area (TPSA) is 64.2 Å². The number of benzene rings is 2. The Labute approximate surface area is 185 Å². The predicted molar refractivity (Wildman–Crippen MR) is 128 cm³/mol. The first kappa shape index (κ1) is 22.8. The van der Waals surface area contributed by atoms with Crippen LogP contribution in [0.3, 0.4) is 0 Å². The van der Waals surface area contributed by atoms with Crippen molar-refractivity contribution in [2.75, 3.05) is 6.61 Å². The predicted octanol–water partition coefficient (Wildman–Crippen LogP) is 5.50. The lowest BCUT2D eigenvalue weighted by molar-refractivity contribution is 0.0520. The Kier molecular flexibility index (Phi) is 7.00. The number of nitrogens with zero attached hydrogens (tertiary/aromatic N) is 1. The molecule has 3 aromatic rings. The molecule has 31 heavy (non-hydrogen) atoms. The molecule has 2 aromatic carbocycles. The summed E-state index contributed by atoms with van der Waals surface area (Å²) in [5, 5.41) is 8.44. The minimum atomic E-state index is -1.75. The summed E-state index contributed by atoms with van der Waals surface area (Å²) in [5.41, 5.74) is 4.58. The van der Waals surface area contributed by atoms with Crippen LogP contribution in [-0.4, -0.2) is 30.8 Å². The minimum absolute atomic E-state index is 0.318. The molecule has 0 aliphatic rings. The van der Waals surface area contributed by atoms with E-state index in [0.29, 0.717) is 24.8 Å². The highest BCUT2D eigenvalue weighted by atomic mass is 28.3. The van der Waals surface area contributed by atoms with E-state index in [1.165, 1.54) is 5.56 Å². The Morgan fingerprint density at radius 2 is 1.68 bits per heavy atom. The van der Waals surface area contributed by atoms with Crippen LogP contribution in [0.4, 0.5) is 0 Å². The van der Waals surface area contributed by atoms with Crippen molar-refractivity contribution in [3.05, 3.63) is 65.4 Å². The SMILES string of the molecule is CCOC(=O)c1n[nH]c([Si](C)(C)C)c1-c1ccc(OCc2ccc(C(C)C)cc2)cc1. The maximum Gasteiger partial charge on any atom is 0.359 e. The van der Waals surface area contributed by atoms with Crippen LogP contribution in [0.2, 0.25) is 19.6 Å². The van der Waals surface area contributed by atoms with Crippen LogP contribution in [-0.2, 0) is 11.3 Å². The molecule has 0 saturated carbocycles. The summed E-state index contributed by atoms with van der Waals surface area (Å²) in [7, 11) is -1.75. The van der Waals surface area contributed by atoms with Crippen molar-refractivity contribution in [1.82, 2.24) is 10.2 Å². The fourth-order valence-electron chi connectivity index (χ4n) is 3.40. The van der Waals surface area contributed by atoms with Gasteiger partial charge in [0.2, 0.25) is 0 Å². The molecule has 6 heteroatoms. The summed E-state index contributed by atoms with van der Waals surface area (Å²) < 4.78 is 11.2.